The summed E-state index contributed by atoms with van der Waals surface area (Å²) in [7, 11) is 4.72. The summed E-state index contributed by atoms with van der Waals surface area (Å²) >= 11 is 0. The van der Waals surface area contributed by atoms with Crippen molar-refractivity contribution in [3.05, 3.63) is 65.0 Å². The highest BCUT2D eigenvalue weighted by atomic mass is 16.5. The second-order valence-electron chi connectivity index (χ2n) is 7.11. The van der Waals surface area contributed by atoms with Gasteiger partial charge in [-0.2, -0.15) is 5.26 Å². The van der Waals surface area contributed by atoms with Crippen LogP contribution in [0.3, 0.4) is 0 Å². The van der Waals surface area contributed by atoms with Gasteiger partial charge in [-0.05, 0) is 11.6 Å². The standard InChI is InChI=1S/C22H24N4O4/c1-27-15-10-17(29-3)16(28-2)9-13(15)18-14(11-23)21(24)30-22-19(18)20(25-26-22)12-7-5-4-6-8-12/h4-10,18-20,22,25-26H,24H2,1-3H3. The fourth-order valence-corrected chi connectivity index (χ4v) is 4.31. The number of nitrogens with zero attached hydrogens (tertiary/aromatic N) is 1. The molecule has 4 atom stereocenters. The van der Waals surface area contributed by atoms with E-state index in [4.69, 9.17) is 24.7 Å². The summed E-state index contributed by atoms with van der Waals surface area (Å²) in [5, 5.41) is 9.96. The number of methoxy groups -OCH3 is 3. The molecule has 8 nitrogen and oxygen atoms in total. The van der Waals surface area contributed by atoms with E-state index >= 15 is 0 Å². The van der Waals surface area contributed by atoms with Gasteiger partial charge in [0.25, 0.3) is 0 Å². The Morgan fingerprint density at radius 2 is 1.63 bits per heavy atom. The second kappa shape index (κ2) is 8.14. The van der Waals surface area contributed by atoms with Gasteiger partial charge >= 0.3 is 0 Å². The van der Waals surface area contributed by atoms with Crippen LogP contribution in [0.1, 0.15) is 23.1 Å². The van der Waals surface area contributed by atoms with Crippen molar-refractivity contribution in [1.29, 1.82) is 5.26 Å². The Bertz CT molecular complexity index is 1000. The predicted octanol–water partition coefficient (Wildman–Crippen LogP) is 2.31. The average molecular weight is 408 g/mol. The first-order valence-electron chi connectivity index (χ1n) is 9.55. The molecule has 0 bridgehead atoms. The Labute approximate surface area is 175 Å². The molecule has 4 rings (SSSR count). The van der Waals surface area contributed by atoms with Crippen LogP contribution in [-0.4, -0.2) is 27.6 Å². The van der Waals surface area contributed by atoms with Gasteiger partial charge in [0, 0.05) is 23.5 Å². The number of nitrogens with two attached hydrogens (primary N) is 1. The van der Waals surface area contributed by atoms with Crippen LogP contribution in [-0.2, 0) is 4.74 Å². The molecule has 8 heteroatoms. The molecule has 0 amide bonds. The van der Waals surface area contributed by atoms with Gasteiger partial charge in [0.2, 0.25) is 5.88 Å². The molecule has 2 aliphatic rings. The molecule has 30 heavy (non-hydrogen) atoms. The number of nitrogens with one attached hydrogen (secondary N) is 2. The first kappa shape index (κ1) is 19.9. The first-order chi connectivity index (χ1) is 14.6. The molecule has 2 aromatic carbocycles. The van der Waals surface area contributed by atoms with Crippen LogP contribution in [0.4, 0.5) is 0 Å². The highest BCUT2D eigenvalue weighted by Gasteiger charge is 2.50. The third-order valence-electron chi connectivity index (χ3n) is 5.68. The van der Waals surface area contributed by atoms with Gasteiger partial charge in [-0.25, -0.2) is 10.9 Å². The zero-order valence-corrected chi connectivity index (χ0v) is 17.0. The fourth-order valence-electron chi connectivity index (χ4n) is 4.31. The van der Waals surface area contributed by atoms with Crippen LogP contribution < -0.4 is 30.8 Å². The summed E-state index contributed by atoms with van der Waals surface area (Å²) in [5.41, 5.74) is 14.8. The molecule has 0 aromatic heterocycles. The van der Waals surface area contributed by atoms with Gasteiger partial charge in [-0.3, -0.25) is 0 Å². The molecule has 0 aliphatic carbocycles. The molecule has 4 N–H and O–H groups in total. The van der Waals surface area contributed by atoms with Gasteiger partial charge in [-0.1, -0.05) is 30.3 Å². The van der Waals surface area contributed by atoms with Gasteiger partial charge in [0.15, 0.2) is 17.7 Å². The minimum Gasteiger partial charge on any atom is -0.496 e. The van der Waals surface area contributed by atoms with Crippen LogP contribution in [0, 0.1) is 17.2 Å². The maximum absolute atomic E-state index is 9.96. The lowest BCUT2D eigenvalue weighted by Gasteiger charge is -2.36. The SMILES string of the molecule is COc1cc(OC)c(C2C(C#N)=C(N)OC3NNC(c4ccccc4)C32)cc1OC. The van der Waals surface area contributed by atoms with E-state index in [1.807, 2.05) is 36.4 Å². The Morgan fingerprint density at radius 1 is 0.967 bits per heavy atom. The van der Waals surface area contributed by atoms with Gasteiger partial charge in [0.1, 0.15) is 11.8 Å². The third-order valence-corrected chi connectivity index (χ3v) is 5.68. The summed E-state index contributed by atoms with van der Waals surface area (Å²) in [5.74, 6) is 1.21. The maximum Gasteiger partial charge on any atom is 0.200 e. The number of hydrogen-bond acceptors (Lipinski definition) is 8. The lowest BCUT2D eigenvalue weighted by molar-refractivity contribution is 0.0337. The lowest BCUT2D eigenvalue weighted by atomic mass is 9.73. The summed E-state index contributed by atoms with van der Waals surface area (Å²) in [6.45, 7) is 0. The Hall–Kier alpha value is -3.41. The van der Waals surface area contributed by atoms with Crippen molar-refractivity contribution in [1.82, 2.24) is 10.9 Å². The largest absolute Gasteiger partial charge is 0.496 e. The molecular weight excluding hydrogens is 384 g/mol. The Morgan fingerprint density at radius 3 is 2.27 bits per heavy atom. The van der Waals surface area contributed by atoms with Crippen LogP contribution in [0.15, 0.2) is 53.9 Å². The highest BCUT2D eigenvalue weighted by molar-refractivity contribution is 5.56. The van der Waals surface area contributed by atoms with Crippen LogP contribution >= 0.6 is 0 Å². The summed E-state index contributed by atoms with van der Waals surface area (Å²) in [4.78, 5) is 0. The number of hydrazine groups is 1. The summed E-state index contributed by atoms with van der Waals surface area (Å²) < 4.78 is 22.5. The van der Waals surface area contributed by atoms with Crippen LogP contribution in [0.5, 0.6) is 17.2 Å². The number of benzene rings is 2. The van der Waals surface area contributed by atoms with Crippen LogP contribution in [0.25, 0.3) is 0 Å². The van der Waals surface area contributed by atoms with Crippen molar-refractivity contribution in [2.75, 3.05) is 21.3 Å². The molecule has 0 spiro atoms. The zero-order chi connectivity index (χ0) is 21.3. The average Bonchev–Trinajstić information content (AvgIpc) is 3.21. The van der Waals surface area contributed by atoms with Crippen molar-refractivity contribution in [2.45, 2.75) is 18.2 Å². The van der Waals surface area contributed by atoms with E-state index in [1.165, 1.54) is 0 Å². The number of hydrogen-bond donors (Lipinski definition) is 3. The topological polar surface area (TPSA) is 111 Å². The van der Waals surface area contributed by atoms with Crippen molar-refractivity contribution in [3.63, 3.8) is 0 Å². The van der Waals surface area contributed by atoms with Crippen molar-refractivity contribution in [2.24, 2.45) is 11.7 Å². The summed E-state index contributed by atoms with van der Waals surface area (Å²) in [6, 6.07) is 15.7. The number of nitriles is 1. The van der Waals surface area contributed by atoms with E-state index in [2.05, 4.69) is 16.9 Å². The molecule has 1 fully saturated rings. The minimum absolute atomic E-state index is 0.101. The molecule has 4 unspecified atom stereocenters. The highest BCUT2D eigenvalue weighted by Crippen LogP contribution is 2.51. The number of rotatable bonds is 5. The van der Waals surface area contributed by atoms with Crippen molar-refractivity contribution >= 4 is 0 Å². The van der Waals surface area contributed by atoms with E-state index in [-0.39, 0.29) is 17.8 Å². The van der Waals surface area contributed by atoms with Gasteiger partial charge in [0.05, 0.1) is 32.9 Å². The predicted molar refractivity (Wildman–Crippen MR) is 109 cm³/mol. The van der Waals surface area contributed by atoms with Crippen molar-refractivity contribution < 1.29 is 18.9 Å². The molecule has 156 valence electrons. The molecule has 0 saturated carbocycles. The van der Waals surface area contributed by atoms with E-state index in [1.54, 1.807) is 27.4 Å². The van der Waals surface area contributed by atoms with Gasteiger partial charge in [-0.15, -0.1) is 0 Å². The second-order valence-corrected chi connectivity index (χ2v) is 7.11. The number of allylic oxidation sites excluding steroid dienone is 1. The smallest absolute Gasteiger partial charge is 0.200 e. The lowest BCUT2D eigenvalue weighted by Crippen LogP contribution is -2.41. The molecular formula is C22H24N4O4. The number of ether oxygens (including phenoxy) is 4. The fraction of sp³-hybridized carbons (Fsp3) is 0.318. The van der Waals surface area contributed by atoms with E-state index in [0.717, 1.165) is 11.1 Å². The van der Waals surface area contributed by atoms with E-state index < -0.39 is 12.1 Å². The normalized spacial score (nSPS) is 25.1. The molecule has 2 aliphatic heterocycles. The van der Waals surface area contributed by atoms with E-state index in [0.29, 0.717) is 22.8 Å². The van der Waals surface area contributed by atoms with E-state index in [9.17, 15) is 5.26 Å². The zero-order valence-electron chi connectivity index (χ0n) is 17.0. The molecule has 1 saturated heterocycles. The number of fused-ring (bicyclic) bond motifs is 1. The van der Waals surface area contributed by atoms with Crippen molar-refractivity contribution in [3.8, 4) is 23.3 Å². The minimum atomic E-state index is -0.421. The molecule has 0 radical (unpaired) electrons. The Balaban J connectivity index is 1.90. The molecule has 2 heterocycles. The quantitative estimate of drug-likeness (QED) is 0.691. The monoisotopic (exact) mass is 408 g/mol. The third kappa shape index (κ3) is 3.18. The van der Waals surface area contributed by atoms with Gasteiger partial charge < -0.3 is 24.7 Å². The first-order valence-corrected chi connectivity index (χ1v) is 9.55. The maximum atomic E-state index is 9.96. The molecule has 2 aromatic rings. The van der Waals surface area contributed by atoms with Crippen LogP contribution in [0.2, 0.25) is 0 Å². The Kier molecular flexibility index (Phi) is 5.40. The summed E-state index contributed by atoms with van der Waals surface area (Å²) in [6.07, 6.45) is -0.421.